The summed E-state index contributed by atoms with van der Waals surface area (Å²) in [6.45, 7) is 0. The highest BCUT2D eigenvalue weighted by Crippen LogP contribution is 2.45. The van der Waals surface area contributed by atoms with Gasteiger partial charge in [0.25, 0.3) is 0 Å². The molecule has 0 N–H and O–H groups in total. The predicted molar refractivity (Wildman–Crippen MR) is 214 cm³/mol. The molecule has 2 heterocycles. The zero-order chi connectivity index (χ0) is 33.5. The molecule has 0 fully saturated rings. The standard InChI is InChI=1S/C48H29NO2/c1-3-11-36-30(9-1)19-20-33-23-27-35(29-42(33)36)49(43-16-7-15-39-40-28-24-31-10-2-4-12-38(31)47(40)51-48(39)43)34-25-21-32(22-26-34)37-14-8-18-45-46(37)41-13-5-6-17-44(41)50-45/h1-29H. The van der Waals surface area contributed by atoms with E-state index in [1.54, 1.807) is 0 Å². The van der Waals surface area contributed by atoms with Gasteiger partial charge in [-0.2, -0.15) is 0 Å². The Hall–Kier alpha value is -6.84. The summed E-state index contributed by atoms with van der Waals surface area (Å²) in [4.78, 5) is 2.34. The number of hydrogen-bond donors (Lipinski definition) is 0. The van der Waals surface area contributed by atoms with E-state index >= 15 is 0 Å². The summed E-state index contributed by atoms with van der Waals surface area (Å²) in [6.07, 6.45) is 0. The number of hydrogen-bond acceptors (Lipinski definition) is 3. The fraction of sp³-hybridized carbons (Fsp3) is 0. The molecule has 11 rings (SSSR count). The minimum absolute atomic E-state index is 0.862. The largest absolute Gasteiger partial charge is 0.456 e. The Bertz CT molecular complexity index is 3150. The fourth-order valence-corrected chi connectivity index (χ4v) is 8.05. The zero-order valence-electron chi connectivity index (χ0n) is 27.5. The molecule has 0 bridgehead atoms. The molecule has 0 aliphatic rings. The van der Waals surface area contributed by atoms with E-state index in [4.69, 9.17) is 8.83 Å². The van der Waals surface area contributed by atoms with Crippen molar-refractivity contribution < 1.29 is 8.83 Å². The minimum atomic E-state index is 0.862. The summed E-state index contributed by atoms with van der Waals surface area (Å²) in [7, 11) is 0. The highest BCUT2D eigenvalue weighted by molar-refractivity contribution is 6.18. The maximum atomic E-state index is 6.90. The van der Waals surface area contributed by atoms with Crippen LogP contribution >= 0.6 is 0 Å². The van der Waals surface area contributed by atoms with Crippen LogP contribution in [-0.2, 0) is 0 Å². The van der Waals surface area contributed by atoms with Crippen LogP contribution in [0.25, 0.3) is 87.3 Å². The average Bonchev–Trinajstić information content (AvgIpc) is 3.78. The van der Waals surface area contributed by atoms with Crippen molar-refractivity contribution in [3.8, 4) is 11.1 Å². The third-order valence-corrected chi connectivity index (χ3v) is 10.4. The molecule has 0 saturated carbocycles. The fourth-order valence-electron chi connectivity index (χ4n) is 8.05. The van der Waals surface area contributed by atoms with E-state index in [2.05, 4.69) is 169 Å². The topological polar surface area (TPSA) is 29.5 Å². The lowest BCUT2D eigenvalue weighted by Crippen LogP contribution is -2.10. The van der Waals surface area contributed by atoms with Gasteiger partial charge in [-0.05, 0) is 86.6 Å². The van der Waals surface area contributed by atoms with Crippen molar-refractivity contribution in [1.82, 2.24) is 0 Å². The Morgan fingerprint density at radius 1 is 0.353 bits per heavy atom. The average molecular weight is 652 g/mol. The summed E-state index contributed by atoms with van der Waals surface area (Å²) in [5.74, 6) is 0. The van der Waals surface area contributed by atoms with Gasteiger partial charge < -0.3 is 13.7 Å². The molecule has 11 aromatic rings. The van der Waals surface area contributed by atoms with Gasteiger partial charge >= 0.3 is 0 Å². The van der Waals surface area contributed by atoms with Crippen molar-refractivity contribution in [2.75, 3.05) is 4.90 Å². The monoisotopic (exact) mass is 651 g/mol. The van der Waals surface area contributed by atoms with Crippen LogP contribution in [-0.4, -0.2) is 0 Å². The van der Waals surface area contributed by atoms with Gasteiger partial charge in [-0.25, -0.2) is 0 Å². The summed E-state index contributed by atoms with van der Waals surface area (Å²) >= 11 is 0. The molecule has 2 aromatic heterocycles. The van der Waals surface area contributed by atoms with Gasteiger partial charge in [-0.1, -0.05) is 127 Å². The van der Waals surface area contributed by atoms with Crippen molar-refractivity contribution in [3.63, 3.8) is 0 Å². The molecule has 0 amide bonds. The summed E-state index contributed by atoms with van der Waals surface area (Å²) < 4.78 is 13.1. The van der Waals surface area contributed by atoms with Gasteiger partial charge in [0.2, 0.25) is 0 Å². The highest BCUT2D eigenvalue weighted by Gasteiger charge is 2.21. The molecule has 3 nitrogen and oxygen atoms in total. The van der Waals surface area contributed by atoms with E-state index in [1.807, 2.05) is 12.1 Å². The molecular formula is C48H29NO2. The third kappa shape index (κ3) is 4.25. The number of furan rings is 2. The second-order valence-electron chi connectivity index (χ2n) is 13.3. The maximum absolute atomic E-state index is 6.90. The Morgan fingerprint density at radius 2 is 0.961 bits per heavy atom. The van der Waals surface area contributed by atoms with Crippen LogP contribution in [0.15, 0.2) is 185 Å². The van der Waals surface area contributed by atoms with E-state index in [1.165, 1.54) is 26.9 Å². The summed E-state index contributed by atoms with van der Waals surface area (Å²) in [5.41, 5.74) is 8.95. The Labute approximate surface area is 293 Å². The van der Waals surface area contributed by atoms with Crippen molar-refractivity contribution in [2.45, 2.75) is 0 Å². The van der Waals surface area contributed by atoms with Crippen LogP contribution in [0, 0.1) is 0 Å². The van der Waals surface area contributed by atoms with Crippen molar-refractivity contribution in [3.05, 3.63) is 176 Å². The molecule has 9 aromatic carbocycles. The number of para-hydroxylation sites is 2. The van der Waals surface area contributed by atoms with Gasteiger partial charge in [0, 0.05) is 38.3 Å². The van der Waals surface area contributed by atoms with E-state index in [9.17, 15) is 0 Å². The molecule has 0 aliphatic heterocycles. The van der Waals surface area contributed by atoms with Crippen molar-refractivity contribution in [2.24, 2.45) is 0 Å². The molecule has 0 spiro atoms. The van der Waals surface area contributed by atoms with Gasteiger partial charge in [0.05, 0.1) is 5.69 Å². The van der Waals surface area contributed by atoms with E-state index in [0.717, 1.165) is 77.5 Å². The number of nitrogens with zero attached hydrogens (tertiary/aromatic N) is 1. The summed E-state index contributed by atoms with van der Waals surface area (Å²) in [6, 6.07) is 62.6. The first-order valence-corrected chi connectivity index (χ1v) is 17.3. The van der Waals surface area contributed by atoms with Crippen LogP contribution in [0.4, 0.5) is 17.1 Å². The lowest BCUT2D eigenvalue weighted by molar-refractivity contribution is 0.669. The molecule has 0 unspecified atom stereocenters. The second kappa shape index (κ2) is 10.8. The van der Waals surface area contributed by atoms with E-state index < -0.39 is 0 Å². The maximum Gasteiger partial charge on any atom is 0.159 e. The number of rotatable bonds is 4. The minimum Gasteiger partial charge on any atom is -0.456 e. The SMILES string of the molecule is c1ccc2c(c1)ccc1ccc(N(c3ccc(-c4cccc5oc6ccccc6c45)cc3)c3cccc4c3oc3c5ccccc5ccc43)cc12. The molecule has 238 valence electrons. The molecule has 0 saturated heterocycles. The smallest absolute Gasteiger partial charge is 0.159 e. The molecule has 51 heavy (non-hydrogen) atoms. The lowest BCUT2D eigenvalue weighted by Gasteiger charge is -2.26. The van der Waals surface area contributed by atoms with Gasteiger partial charge in [-0.15, -0.1) is 0 Å². The van der Waals surface area contributed by atoms with Crippen LogP contribution in [0.5, 0.6) is 0 Å². The highest BCUT2D eigenvalue weighted by atomic mass is 16.3. The molecule has 3 heteroatoms. The molecule has 0 radical (unpaired) electrons. The van der Waals surface area contributed by atoms with Crippen molar-refractivity contribution in [1.29, 1.82) is 0 Å². The van der Waals surface area contributed by atoms with Gasteiger partial charge in [0.15, 0.2) is 5.58 Å². The predicted octanol–water partition coefficient (Wildman–Crippen LogP) is 14.1. The quantitative estimate of drug-likeness (QED) is 0.177. The Balaban J connectivity index is 1.15. The molecular weight excluding hydrogens is 623 g/mol. The first-order chi connectivity index (χ1) is 25.3. The third-order valence-electron chi connectivity index (χ3n) is 10.4. The normalized spacial score (nSPS) is 11.9. The Morgan fingerprint density at radius 3 is 1.82 bits per heavy atom. The Kier molecular flexibility index (Phi) is 5.96. The van der Waals surface area contributed by atoms with E-state index in [-0.39, 0.29) is 0 Å². The van der Waals surface area contributed by atoms with Crippen molar-refractivity contribution >= 4 is 93.3 Å². The number of anilines is 3. The first kappa shape index (κ1) is 28.0. The summed E-state index contributed by atoms with van der Waals surface area (Å²) in [5, 5.41) is 11.7. The zero-order valence-corrected chi connectivity index (χ0v) is 27.5. The van der Waals surface area contributed by atoms with Crippen LogP contribution < -0.4 is 4.90 Å². The van der Waals surface area contributed by atoms with Crippen LogP contribution in [0.2, 0.25) is 0 Å². The van der Waals surface area contributed by atoms with Crippen LogP contribution in [0.1, 0.15) is 0 Å². The van der Waals surface area contributed by atoms with Crippen LogP contribution in [0.3, 0.4) is 0 Å². The van der Waals surface area contributed by atoms with E-state index in [0.29, 0.717) is 0 Å². The lowest BCUT2D eigenvalue weighted by atomic mass is 9.98. The number of benzene rings is 9. The van der Waals surface area contributed by atoms with Gasteiger partial charge in [0.1, 0.15) is 16.7 Å². The van der Waals surface area contributed by atoms with Gasteiger partial charge in [-0.3, -0.25) is 0 Å². The molecule has 0 aliphatic carbocycles. The number of fused-ring (bicyclic) bond motifs is 11. The molecule has 0 atom stereocenters. The first-order valence-electron chi connectivity index (χ1n) is 17.3. The second-order valence-corrected chi connectivity index (χ2v) is 13.3.